The fraction of sp³-hybridized carbons (Fsp3) is 0. The third-order valence-electron chi connectivity index (χ3n) is 1.48. The maximum Gasteiger partial charge on any atom is 0.115 e. The van der Waals surface area contributed by atoms with E-state index >= 15 is 0 Å². The predicted molar refractivity (Wildman–Crippen MR) is 52.9 cm³/mol. The topological polar surface area (TPSA) is 86.6 Å². The van der Waals surface area contributed by atoms with E-state index in [-0.39, 0.29) is 5.84 Å². The van der Waals surface area contributed by atoms with Gasteiger partial charge in [0.25, 0.3) is 0 Å². The standard InChI is InChI=1S/C9H10N4/c10-6-8(5-9(11)12)7-1-3-13-4-2-7/h1-6,10H,(H3,11,12)/b8-5+,10-6?. The number of nitrogens with two attached hydrogens (primary N) is 1. The Labute approximate surface area is 76.1 Å². The van der Waals surface area contributed by atoms with Crippen LogP contribution in [-0.4, -0.2) is 17.0 Å². The van der Waals surface area contributed by atoms with Gasteiger partial charge in [0.1, 0.15) is 5.84 Å². The molecule has 0 aliphatic rings. The molecule has 1 aromatic rings. The maximum atomic E-state index is 7.12. The second kappa shape index (κ2) is 4.15. The number of hydrogen-bond acceptors (Lipinski definition) is 3. The molecule has 0 aromatic carbocycles. The summed E-state index contributed by atoms with van der Waals surface area (Å²) in [5.74, 6) is -0.0599. The molecule has 66 valence electrons. The van der Waals surface area contributed by atoms with Crippen LogP contribution in [0.15, 0.2) is 30.6 Å². The number of allylic oxidation sites excluding steroid dienone is 1. The van der Waals surface area contributed by atoms with E-state index in [1.165, 1.54) is 6.08 Å². The van der Waals surface area contributed by atoms with Gasteiger partial charge in [0, 0.05) is 24.2 Å². The first-order valence-corrected chi connectivity index (χ1v) is 3.70. The second-order valence-corrected chi connectivity index (χ2v) is 2.44. The van der Waals surface area contributed by atoms with Crippen LogP contribution in [-0.2, 0) is 0 Å². The lowest BCUT2D eigenvalue weighted by Crippen LogP contribution is -2.06. The van der Waals surface area contributed by atoms with Crippen LogP contribution in [0.25, 0.3) is 5.57 Å². The van der Waals surface area contributed by atoms with E-state index in [0.717, 1.165) is 11.8 Å². The molecule has 0 aliphatic heterocycles. The van der Waals surface area contributed by atoms with Crippen molar-refractivity contribution in [2.45, 2.75) is 0 Å². The first-order chi connectivity index (χ1) is 6.24. The predicted octanol–water partition coefficient (Wildman–Crippen LogP) is 1.05. The fourth-order valence-corrected chi connectivity index (χ4v) is 0.920. The Morgan fingerprint density at radius 2 is 2.00 bits per heavy atom. The van der Waals surface area contributed by atoms with Crippen molar-refractivity contribution in [3.8, 4) is 0 Å². The van der Waals surface area contributed by atoms with E-state index in [0.29, 0.717) is 5.57 Å². The monoisotopic (exact) mass is 174 g/mol. The van der Waals surface area contributed by atoms with Crippen molar-refractivity contribution in [3.63, 3.8) is 0 Å². The zero-order valence-electron chi connectivity index (χ0n) is 6.99. The molecule has 1 rings (SSSR count). The highest BCUT2D eigenvalue weighted by molar-refractivity contribution is 6.14. The Hall–Kier alpha value is -1.97. The Kier molecular flexibility index (Phi) is 2.92. The van der Waals surface area contributed by atoms with Gasteiger partial charge in [0.05, 0.1) is 0 Å². The van der Waals surface area contributed by atoms with Gasteiger partial charge >= 0.3 is 0 Å². The highest BCUT2D eigenvalue weighted by Gasteiger charge is 1.96. The van der Waals surface area contributed by atoms with Crippen molar-refractivity contribution in [1.82, 2.24) is 4.98 Å². The van der Waals surface area contributed by atoms with Crippen LogP contribution in [0.1, 0.15) is 5.56 Å². The minimum atomic E-state index is -0.0599. The van der Waals surface area contributed by atoms with Gasteiger partial charge in [-0.3, -0.25) is 10.4 Å². The Balaban J connectivity index is 3.05. The molecule has 0 saturated carbocycles. The first kappa shape index (κ1) is 9.12. The summed E-state index contributed by atoms with van der Waals surface area (Å²) in [6, 6.07) is 3.53. The van der Waals surface area contributed by atoms with Crippen LogP contribution < -0.4 is 5.73 Å². The third-order valence-corrected chi connectivity index (χ3v) is 1.48. The molecule has 0 fully saturated rings. The molecule has 4 N–H and O–H groups in total. The Bertz CT molecular complexity index is 340. The molecule has 0 atom stereocenters. The SMILES string of the molecule is N=C/C(=C\C(=N)N)c1ccncc1. The summed E-state index contributed by atoms with van der Waals surface area (Å²) in [6.45, 7) is 0. The quantitative estimate of drug-likeness (QED) is 0.472. The molecule has 13 heavy (non-hydrogen) atoms. The zero-order valence-corrected chi connectivity index (χ0v) is 6.99. The van der Waals surface area contributed by atoms with Gasteiger partial charge in [0.15, 0.2) is 0 Å². The molecule has 0 aliphatic carbocycles. The number of hydrogen-bond donors (Lipinski definition) is 3. The van der Waals surface area contributed by atoms with Gasteiger partial charge in [0.2, 0.25) is 0 Å². The van der Waals surface area contributed by atoms with E-state index in [4.69, 9.17) is 16.6 Å². The average Bonchev–Trinajstić information content (AvgIpc) is 2.15. The molecule has 1 heterocycles. The largest absolute Gasteiger partial charge is 0.384 e. The number of nitrogens with one attached hydrogen (secondary N) is 2. The van der Waals surface area contributed by atoms with Gasteiger partial charge in [-0.1, -0.05) is 0 Å². The van der Waals surface area contributed by atoms with Gasteiger partial charge < -0.3 is 11.1 Å². The van der Waals surface area contributed by atoms with Gasteiger partial charge in [-0.2, -0.15) is 0 Å². The van der Waals surface area contributed by atoms with E-state index in [1.807, 2.05) is 0 Å². The van der Waals surface area contributed by atoms with Crippen LogP contribution in [0.2, 0.25) is 0 Å². The maximum absolute atomic E-state index is 7.12. The average molecular weight is 174 g/mol. The van der Waals surface area contributed by atoms with E-state index in [1.54, 1.807) is 24.5 Å². The highest BCUT2D eigenvalue weighted by atomic mass is 14.7. The highest BCUT2D eigenvalue weighted by Crippen LogP contribution is 2.09. The molecule has 0 bridgehead atoms. The van der Waals surface area contributed by atoms with Crippen LogP contribution >= 0.6 is 0 Å². The third kappa shape index (κ3) is 2.52. The van der Waals surface area contributed by atoms with Crippen LogP contribution in [0.5, 0.6) is 0 Å². The Morgan fingerprint density at radius 1 is 1.38 bits per heavy atom. The zero-order chi connectivity index (χ0) is 9.68. The molecule has 4 heteroatoms. The van der Waals surface area contributed by atoms with Gasteiger partial charge in [-0.15, -0.1) is 0 Å². The van der Waals surface area contributed by atoms with Gasteiger partial charge in [-0.05, 0) is 23.8 Å². The summed E-state index contributed by atoms with van der Waals surface area (Å²) in [5.41, 5.74) is 6.63. The van der Waals surface area contributed by atoms with Crippen LogP contribution in [0.3, 0.4) is 0 Å². The number of amidine groups is 1. The molecular weight excluding hydrogens is 164 g/mol. The minimum Gasteiger partial charge on any atom is -0.384 e. The summed E-state index contributed by atoms with van der Waals surface area (Å²) >= 11 is 0. The summed E-state index contributed by atoms with van der Waals surface area (Å²) in [6.07, 6.45) is 5.86. The van der Waals surface area contributed by atoms with Crippen LogP contribution in [0.4, 0.5) is 0 Å². The Morgan fingerprint density at radius 3 is 2.46 bits per heavy atom. The molecule has 0 saturated heterocycles. The summed E-state index contributed by atoms with van der Waals surface area (Å²) < 4.78 is 0. The summed E-state index contributed by atoms with van der Waals surface area (Å²) in [4.78, 5) is 3.85. The molecule has 0 unspecified atom stereocenters. The molecule has 4 nitrogen and oxygen atoms in total. The van der Waals surface area contributed by atoms with Crippen LogP contribution in [0, 0.1) is 10.8 Å². The van der Waals surface area contributed by atoms with Crippen molar-refractivity contribution < 1.29 is 0 Å². The molecule has 1 aromatic heterocycles. The molecular formula is C9H10N4. The van der Waals surface area contributed by atoms with Crippen molar-refractivity contribution in [1.29, 1.82) is 10.8 Å². The summed E-state index contributed by atoms with van der Waals surface area (Å²) in [7, 11) is 0. The van der Waals surface area contributed by atoms with Crippen molar-refractivity contribution in [2.24, 2.45) is 5.73 Å². The number of aromatic nitrogens is 1. The van der Waals surface area contributed by atoms with E-state index in [2.05, 4.69) is 4.98 Å². The minimum absolute atomic E-state index is 0.0599. The second-order valence-electron chi connectivity index (χ2n) is 2.44. The molecule has 0 radical (unpaired) electrons. The van der Waals surface area contributed by atoms with Crippen molar-refractivity contribution >= 4 is 17.6 Å². The van der Waals surface area contributed by atoms with E-state index < -0.39 is 0 Å². The molecule has 0 spiro atoms. The fourth-order valence-electron chi connectivity index (χ4n) is 0.920. The molecule has 0 amide bonds. The van der Waals surface area contributed by atoms with Crippen molar-refractivity contribution in [2.75, 3.05) is 0 Å². The van der Waals surface area contributed by atoms with E-state index in [9.17, 15) is 0 Å². The normalized spacial score (nSPS) is 10.9. The number of pyridine rings is 1. The first-order valence-electron chi connectivity index (χ1n) is 3.70. The lowest BCUT2D eigenvalue weighted by atomic mass is 10.1. The number of rotatable bonds is 3. The lowest BCUT2D eigenvalue weighted by Gasteiger charge is -1.99. The smallest absolute Gasteiger partial charge is 0.115 e. The van der Waals surface area contributed by atoms with Gasteiger partial charge in [-0.25, -0.2) is 0 Å². The van der Waals surface area contributed by atoms with Crippen molar-refractivity contribution in [3.05, 3.63) is 36.2 Å². The lowest BCUT2D eigenvalue weighted by molar-refractivity contribution is 1.32. The summed E-state index contributed by atoms with van der Waals surface area (Å²) in [5, 5.41) is 14.2. The number of nitrogens with zero attached hydrogens (tertiary/aromatic N) is 1.